The molecule has 1 aliphatic rings. The van der Waals surface area contributed by atoms with Crippen LogP contribution in [0.5, 0.6) is 0 Å². The maximum Gasteiger partial charge on any atom is 0.333 e. The molecule has 0 saturated carbocycles. The Labute approximate surface area is 99.3 Å². The fourth-order valence-electron chi connectivity index (χ4n) is 1.42. The first-order valence-electron chi connectivity index (χ1n) is 4.01. The normalized spacial score (nSPS) is 37.5. The summed E-state index contributed by atoms with van der Waals surface area (Å²) in [6.45, 7) is 3.49. The van der Waals surface area contributed by atoms with E-state index in [1.165, 1.54) is 0 Å². The Morgan fingerprint density at radius 1 is 1.57 bits per heavy atom. The van der Waals surface area contributed by atoms with Gasteiger partial charge < -0.3 is 10.8 Å². The summed E-state index contributed by atoms with van der Waals surface area (Å²) in [4.78, 5) is 11.1. The van der Waals surface area contributed by atoms with Gasteiger partial charge in [0.1, 0.15) is 4.45 Å². The molecule has 0 bridgehead atoms. The first-order valence-corrected chi connectivity index (χ1v) is 5.59. The molecule has 0 aromatic carbocycles. The van der Waals surface area contributed by atoms with Gasteiger partial charge in [0.2, 0.25) is 0 Å². The third-order valence-corrected chi connectivity index (χ3v) is 5.02. The van der Waals surface area contributed by atoms with Crippen molar-refractivity contribution in [2.24, 2.45) is 5.73 Å². The lowest BCUT2D eigenvalue weighted by Crippen LogP contribution is -2.53. The van der Waals surface area contributed by atoms with Gasteiger partial charge in [0.25, 0.3) is 0 Å². The lowest BCUT2D eigenvalue weighted by molar-refractivity contribution is -0.133. The van der Waals surface area contributed by atoms with Crippen LogP contribution in [0.1, 0.15) is 13.8 Å². The summed E-state index contributed by atoms with van der Waals surface area (Å²) in [6.07, 6.45) is 3.45. The second-order valence-corrected chi connectivity index (χ2v) is 6.37. The van der Waals surface area contributed by atoms with E-state index in [0.717, 1.165) is 0 Å². The van der Waals surface area contributed by atoms with Crippen LogP contribution in [0.25, 0.3) is 0 Å². The molecule has 0 aromatic heterocycles. The van der Waals surface area contributed by atoms with Gasteiger partial charge in [-0.25, -0.2) is 4.79 Å². The van der Waals surface area contributed by atoms with E-state index in [1.54, 1.807) is 26.0 Å². The zero-order valence-corrected chi connectivity index (χ0v) is 11.0. The fraction of sp³-hybridized carbons (Fsp3) is 0.444. The van der Waals surface area contributed by atoms with E-state index in [0.29, 0.717) is 5.57 Å². The van der Waals surface area contributed by atoms with Crippen LogP contribution in [0.3, 0.4) is 0 Å². The number of aliphatic carboxylic acids is 1. The van der Waals surface area contributed by atoms with Crippen LogP contribution in [0.4, 0.5) is 0 Å². The highest BCUT2D eigenvalue weighted by Crippen LogP contribution is 2.45. The van der Waals surface area contributed by atoms with Crippen LogP contribution < -0.4 is 5.73 Å². The highest BCUT2D eigenvalue weighted by atomic mass is 79.9. The van der Waals surface area contributed by atoms with E-state index in [2.05, 4.69) is 31.9 Å². The van der Waals surface area contributed by atoms with Crippen molar-refractivity contribution in [2.45, 2.75) is 22.6 Å². The quantitative estimate of drug-likeness (QED) is 0.574. The summed E-state index contributed by atoms with van der Waals surface area (Å²) < 4.78 is -1.70. The molecule has 0 radical (unpaired) electrons. The molecule has 78 valence electrons. The Morgan fingerprint density at radius 2 is 2.07 bits per heavy atom. The van der Waals surface area contributed by atoms with Crippen molar-refractivity contribution >= 4 is 37.8 Å². The smallest absolute Gasteiger partial charge is 0.333 e. The van der Waals surface area contributed by atoms with Crippen molar-refractivity contribution in [2.75, 3.05) is 0 Å². The van der Waals surface area contributed by atoms with E-state index in [-0.39, 0.29) is 5.57 Å². The average Bonchev–Trinajstić information content (AvgIpc) is 1.97. The molecule has 0 saturated heterocycles. The molecule has 14 heavy (non-hydrogen) atoms. The number of alkyl halides is 2. The minimum Gasteiger partial charge on any atom is -0.478 e. The Kier molecular flexibility index (Phi) is 2.96. The number of halogens is 2. The van der Waals surface area contributed by atoms with Gasteiger partial charge in [-0.05, 0) is 19.4 Å². The monoisotopic (exact) mass is 323 g/mol. The fourth-order valence-corrected chi connectivity index (χ4v) is 2.36. The van der Waals surface area contributed by atoms with Crippen LogP contribution in [-0.2, 0) is 4.79 Å². The third kappa shape index (κ3) is 1.68. The van der Waals surface area contributed by atoms with E-state index < -0.39 is 14.7 Å². The van der Waals surface area contributed by atoms with Crippen LogP contribution in [0, 0.1) is 0 Å². The third-order valence-electron chi connectivity index (χ3n) is 2.37. The molecule has 0 heterocycles. The van der Waals surface area contributed by atoms with E-state index in [9.17, 15) is 4.79 Å². The van der Waals surface area contributed by atoms with Crippen molar-refractivity contribution in [1.29, 1.82) is 0 Å². The Balaban J connectivity index is 3.36. The topological polar surface area (TPSA) is 63.3 Å². The minimum atomic E-state index is -0.958. The summed E-state index contributed by atoms with van der Waals surface area (Å²) in [5.41, 5.74) is 6.91. The average molecular weight is 325 g/mol. The van der Waals surface area contributed by atoms with Crippen LogP contribution >= 0.6 is 31.9 Å². The van der Waals surface area contributed by atoms with Crippen molar-refractivity contribution in [3.05, 3.63) is 23.3 Å². The van der Waals surface area contributed by atoms with Crippen molar-refractivity contribution < 1.29 is 9.90 Å². The van der Waals surface area contributed by atoms with Gasteiger partial charge in [-0.1, -0.05) is 44.0 Å². The molecule has 0 aliphatic heterocycles. The zero-order valence-electron chi connectivity index (χ0n) is 7.84. The first-order chi connectivity index (χ1) is 6.20. The SMILES string of the molecule is CC1=C(C(=O)O)C(C)(Br)C(N)(Br)C=C1. The van der Waals surface area contributed by atoms with E-state index >= 15 is 0 Å². The van der Waals surface area contributed by atoms with Crippen LogP contribution in [-0.4, -0.2) is 19.8 Å². The largest absolute Gasteiger partial charge is 0.478 e. The van der Waals surface area contributed by atoms with Gasteiger partial charge >= 0.3 is 5.97 Å². The number of carboxylic acid groups (broad SMARTS) is 1. The number of rotatable bonds is 1. The Bertz CT molecular complexity index is 343. The van der Waals surface area contributed by atoms with Gasteiger partial charge in [0.05, 0.1) is 9.90 Å². The van der Waals surface area contributed by atoms with Crippen LogP contribution in [0.2, 0.25) is 0 Å². The number of hydrogen-bond acceptors (Lipinski definition) is 2. The molecule has 5 heteroatoms. The number of allylic oxidation sites excluding steroid dienone is 2. The maximum absolute atomic E-state index is 11.1. The highest BCUT2D eigenvalue weighted by molar-refractivity contribution is 9.13. The number of carboxylic acids is 1. The van der Waals surface area contributed by atoms with Gasteiger partial charge in [-0.3, -0.25) is 0 Å². The van der Waals surface area contributed by atoms with E-state index in [4.69, 9.17) is 10.8 Å². The summed E-state index contributed by atoms with van der Waals surface area (Å²) in [7, 11) is 0. The summed E-state index contributed by atoms with van der Waals surface area (Å²) >= 11 is 6.66. The molecule has 3 nitrogen and oxygen atoms in total. The molecule has 3 N–H and O–H groups in total. The predicted octanol–water partition coefficient (Wildman–Crippen LogP) is 2.16. The van der Waals surface area contributed by atoms with Crippen molar-refractivity contribution in [1.82, 2.24) is 0 Å². The molecule has 0 fully saturated rings. The van der Waals surface area contributed by atoms with E-state index in [1.807, 2.05) is 0 Å². The second kappa shape index (κ2) is 3.47. The Hall–Kier alpha value is -0.130. The Morgan fingerprint density at radius 3 is 2.43 bits per heavy atom. The molecule has 1 aliphatic carbocycles. The first kappa shape index (κ1) is 11.9. The molecular weight excluding hydrogens is 314 g/mol. The summed E-state index contributed by atoms with van der Waals surface area (Å²) in [5.74, 6) is -0.958. The van der Waals surface area contributed by atoms with Gasteiger partial charge in [0.15, 0.2) is 0 Å². The van der Waals surface area contributed by atoms with Crippen molar-refractivity contribution in [3.63, 3.8) is 0 Å². The maximum atomic E-state index is 11.1. The lowest BCUT2D eigenvalue weighted by Gasteiger charge is -2.39. The molecular formula is C9H11Br2NO2. The number of nitrogens with two attached hydrogens (primary N) is 1. The zero-order chi connectivity index (χ0) is 11.1. The minimum absolute atomic E-state index is 0.277. The van der Waals surface area contributed by atoms with Crippen LogP contribution in [0.15, 0.2) is 23.3 Å². The lowest BCUT2D eigenvalue weighted by atomic mass is 9.85. The summed E-state index contributed by atoms with van der Waals surface area (Å²) in [5, 5.41) is 9.08. The molecule has 2 unspecified atom stereocenters. The highest BCUT2D eigenvalue weighted by Gasteiger charge is 2.48. The van der Waals surface area contributed by atoms with Gasteiger partial charge in [-0.2, -0.15) is 0 Å². The number of carbonyl (C=O) groups is 1. The van der Waals surface area contributed by atoms with Gasteiger partial charge in [-0.15, -0.1) is 0 Å². The van der Waals surface area contributed by atoms with Gasteiger partial charge in [0, 0.05) is 0 Å². The standard InChI is InChI=1S/C9H11Br2NO2/c1-5-3-4-9(11,12)8(2,10)6(5)7(13)14/h3-4H,12H2,1-2H3,(H,13,14). The molecule has 0 amide bonds. The summed E-state index contributed by atoms with van der Waals surface area (Å²) in [6, 6.07) is 0. The molecule has 0 aromatic rings. The molecule has 1 rings (SSSR count). The predicted molar refractivity (Wildman–Crippen MR) is 62.7 cm³/mol. The number of hydrogen-bond donors (Lipinski definition) is 2. The second-order valence-electron chi connectivity index (χ2n) is 3.47. The molecule has 0 spiro atoms. The van der Waals surface area contributed by atoms with Crippen molar-refractivity contribution in [3.8, 4) is 0 Å². The molecule has 2 atom stereocenters.